The third-order valence-corrected chi connectivity index (χ3v) is 7.35. The monoisotopic (exact) mass is 600 g/mol. The van der Waals surface area contributed by atoms with Gasteiger partial charge in [0.25, 0.3) is 0 Å². The molecule has 0 bridgehead atoms. The van der Waals surface area contributed by atoms with Gasteiger partial charge in [0.05, 0.1) is 21.2 Å². The third kappa shape index (κ3) is 7.19. The van der Waals surface area contributed by atoms with Crippen LogP contribution in [0.4, 0.5) is 26.3 Å². The van der Waals surface area contributed by atoms with Crippen molar-refractivity contribution in [3.8, 4) is 0 Å². The lowest BCUT2D eigenvalue weighted by Gasteiger charge is -2.32. The third-order valence-electron chi connectivity index (χ3n) is 6.61. The summed E-state index contributed by atoms with van der Waals surface area (Å²) < 4.78 is 80.0. The van der Waals surface area contributed by atoms with Crippen LogP contribution in [0.15, 0.2) is 72.3 Å². The Labute approximate surface area is 237 Å². The van der Waals surface area contributed by atoms with E-state index in [1.54, 1.807) is 18.2 Å². The maximum atomic E-state index is 13.6. The quantitative estimate of drug-likeness (QED) is 0.265. The van der Waals surface area contributed by atoms with Gasteiger partial charge in [-0.15, -0.1) is 0 Å². The molecule has 1 aliphatic rings. The van der Waals surface area contributed by atoms with E-state index in [1.807, 2.05) is 30.3 Å². The molecule has 1 aliphatic heterocycles. The number of carbonyl (C=O) groups is 1. The van der Waals surface area contributed by atoms with Crippen molar-refractivity contribution in [2.75, 3.05) is 20.1 Å². The molecule has 0 aliphatic carbocycles. The molecule has 3 nitrogen and oxygen atoms in total. The van der Waals surface area contributed by atoms with Gasteiger partial charge in [0, 0.05) is 38.8 Å². The summed E-state index contributed by atoms with van der Waals surface area (Å²) in [6.45, 7) is 1.07. The van der Waals surface area contributed by atoms with Crippen molar-refractivity contribution >= 4 is 34.7 Å². The molecule has 3 aromatic rings. The maximum Gasteiger partial charge on any atom is 0.416 e. The summed E-state index contributed by atoms with van der Waals surface area (Å²) in [5, 5.41) is 0.619. The van der Waals surface area contributed by atoms with Crippen LogP contribution >= 0.6 is 23.2 Å². The van der Waals surface area contributed by atoms with Gasteiger partial charge in [-0.3, -0.25) is 9.69 Å². The van der Waals surface area contributed by atoms with Crippen LogP contribution in [0.25, 0.3) is 5.57 Å². The second-order valence-corrected chi connectivity index (χ2v) is 10.4. The largest absolute Gasteiger partial charge is 0.416 e. The number of hydrogen-bond acceptors (Lipinski definition) is 2. The first-order chi connectivity index (χ1) is 18.7. The van der Waals surface area contributed by atoms with E-state index in [1.165, 1.54) is 7.05 Å². The van der Waals surface area contributed by atoms with Crippen molar-refractivity contribution in [1.29, 1.82) is 0 Å². The summed E-state index contributed by atoms with van der Waals surface area (Å²) >= 11 is 12.3. The normalized spacial score (nSPS) is 14.9. The van der Waals surface area contributed by atoms with Gasteiger partial charge in [0.2, 0.25) is 5.91 Å². The Morgan fingerprint density at radius 3 is 2.05 bits per heavy atom. The molecule has 0 spiro atoms. The van der Waals surface area contributed by atoms with E-state index >= 15 is 0 Å². The highest BCUT2D eigenvalue weighted by molar-refractivity contribution is 6.42. The summed E-state index contributed by atoms with van der Waals surface area (Å²) in [4.78, 5) is 16.9. The Morgan fingerprint density at radius 2 is 1.48 bits per heavy atom. The smallest absolute Gasteiger partial charge is 0.338 e. The molecule has 1 heterocycles. The van der Waals surface area contributed by atoms with Crippen molar-refractivity contribution in [2.24, 2.45) is 0 Å². The van der Waals surface area contributed by atoms with Gasteiger partial charge >= 0.3 is 12.4 Å². The number of nitrogens with zero attached hydrogens (tertiary/aromatic N) is 2. The fourth-order valence-corrected chi connectivity index (χ4v) is 4.97. The number of carbonyl (C=O) groups excluding carboxylic acids is 1. The second-order valence-electron chi connectivity index (χ2n) is 9.61. The highest BCUT2D eigenvalue weighted by atomic mass is 35.5. The average Bonchev–Trinajstić information content (AvgIpc) is 2.89. The number of alkyl halides is 6. The van der Waals surface area contributed by atoms with E-state index < -0.39 is 35.9 Å². The zero-order valence-corrected chi connectivity index (χ0v) is 22.7. The molecular weight excluding hydrogens is 577 g/mol. The van der Waals surface area contributed by atoms with Crippen LogP contribution in [-0.2, 0) is 30.2 Å². The van der Waals surface area contributed by atoms with E-state index in [4.69, 9.17) is 23.2 Å². The number of amides is 1. The summed E-state index contributed by atoms with van der Waals surface area (Å²) in [5.41, 5.74) is -0.330. The van der Waals surface area contributed by atoms with Crippen LogP contribution in [-0.4, -0.2) is 35.8 Å². The van der Waals surface area contributed by atoms with E-state index in [0.717, 1.165) is 10.5 Å². The van der Waals surface area contributed by atoms with Gasteiger partial charge in [-0.1, -0.05) is 59.6 Å². The molecule has 212 valence electrons. The van der Waals surface area contributed by atoms with Crippen molar-refractivity contribution in [3.63, 3.8) is 0 Å². The van der Waals surface area contributed by atoms with Gasteiger partial charge in [-0.05, 0) is 59.0 Å². The minimum Gasteiger partial charge on any atom is -0.338 e. The summed E-state index contributed by atoms with van der Waals surface area (Å²) in [5.74, 6) is -0.494. The van der Waals surface area contributed by atoms with Crippen LogP contribution in [0.1, 0.15) is 34.2 Å². The molecule has 0 radical (unpaired) electrons. The molecule has 40 heavy (non-hydrogen) atoms. The Hall–Kier alpha value is -3.01. The average molecular weight is 601 g/mol. The van der Waals surface area contributed by atoms with E-state index in [0.29, 0.717) is 59.9 Å². The Bertz CT molecular complexity index is 1390. The number of likely N-dealkylation sites (N-methyl/N-ethyl adjacent to an activating group) is 1. The van der Waals surface area contributed by atoms with E-state index in [9.17, 15) is 31.1 Å². The zero-order valence-electron chi connectivity index (χ0n) is 21.2. The first-order valence-electron chi connectivity index (χ1n) is 12.2. The number of halogens is 8. The van der Waals surface area contributed by atoms with Crippen LogP contribution < -0.4 is 0 Å². The molecule has 0 atom stereocenters. The van der Waals surface area contributed by atoms with Gasteiger partial charge in [-0.2, -0.15) is 26.3 Å². The fraction of sp³-hybridized carbons (Fsp3) is 0.276. The second kappa shape index (κ2) is 11.8. The molecule has 11 heteroatoms. The van der Waals surface area contributed by atoms with Crippen molar-refractivity contribution in [2.45, 2.75) is 31.9 Å². The summed E-state index contributed by atoms with van der Waals surface area (Å²) in [6.07, 6.45) is -9.64. The highest BCUT2D eigenvalue weighted by Crippen LogP contribution is 2.37. The number of hydrogen-bond donors (Lipinski definition) is 0. The summed E-state index contributed by atoms with van der Waals surface area (Å²) in [6, 6.07) is 16.1. The predicted molar refractivity (Wildman–Crippen MR) is 143 cm³/mol. The minimum atomic E-state index is -4.98. The molecular formula is C29H24Cl2F6N2O. The molecule has 0 fully saturated rings. The van der Waals surface area contributed by atoms with Gasteiger partial charge in [0.1, 0.15) is 0 Å². The Morgan fingerprint density at radius 1 is 0.850 bits per heavy atom. The van der Waals surface area contributed by atoms with Crippen molar-refractivity contribution in [1.82, 2.24) is 9.80 Å². The van der Waals surface area contributed by atoms with Crippen LogP contribution in [0.3, 0.4) is 0 Å². The SMILES string of the molecule is CN(Cc1cc(C(F)(F)F)cc(C(F)(F)F)c1)C(=O)C1=C(c2ccc(Cl)c(Cl)c2)CN(Cc2ccccc2)CC1. The van der Waals surface area contributed by atoms with E-state index in [-0.39, 0.29) is 16.7 Å². The standard InChI is InChI=1S/C29H24Cl2F6N2O/c1-38(15-19-11-21(28(32,33)34)14-22(12-19)29(35,36)37)27(40)23-9-10-39(16-18-5-3-2-4-6-18)17-24(23)20-7-8-25(30)26(31)13-20/h2-8,11-14H,9-10,15-17H2,1H3. The number of rotatable bonds is 6. The lowest BCUT2D eigenvalue weighted by Crippen LogP contribution is -2.36. The lowest BCUT2D eigenvalue weighted by atomic mass is 9.92. The molecule has 0 saturated heterocycles. The molecule has 1 amide bonds. The molecule has 0 N–H and O–H groups in total. The molecule has 0 saturated carbocycles. The van der Waals surface area contributed by atoms with Crippen molar-refractivity contribution in [3.05, 3.63) is 110 Å². The zero-order chi connectivity index (χ0) is 29.2. The maximum absolute atomic E-state index is 13.6. The lowest BCUT2D eigenvalue weighted by molar-refractivity contribution is -0.143. The van der Waals surface area contributed by atoms with Crippen LogP contribution in [0, 0.1) is 0 Å². The molecule has 0 unspecified atom stereocenters. The first kappa shape index (κ1) is 30.0. The number of benzene rings is 3. The fourth-order valence-electron chi connectivity index (χ4n) is 4.67. The minimum absolute atomic E-state index is 0.0681. The Balaban J connectivity index is 1.67. The molecule has 4 rings (SSSR count). The van der Waals surface area contributed by atoms with Gasteiger partial charge in [-0.25, -0.2) is 0 Å². The van der Waals surface area contributed by atoms with Crippen molar-refractivity contribution < 1.29 is 31.1 Å². The topological polar surface area (TPSA) is 23.6 Å². The molecule has 0 aromatic heterocycles. The summed E-state index contributed by atoms with van der Waals surface area (Å²) in [7, 11) is 1.35. The van der Waals surface area contributed by atoms with Crippen LogP contribution in [0.2, 0.25) is 10.0 Å². The van der Waals surface area contributed by atoms with E-state index in [2.05, 4.69) is 4.90 Å². The van der Waals surface area contributed by atoms with Gasteiger partial charge < -0.3 is 4.90 Å². The highest BCUT2D eigenvalue weighted by Gasteiger charge is 2.37. The Kier molecular flexibility index (Phi) is 8.87. The predicted octanol–water partition coefficient (Wildman–Crippen LogP) is 8.35. The van der Waals surface area contributed by atoms with Crippen LogP contribution in [0.5, 0.6) is 0 Å². The van der Waals surface area contributed by atoms with Gasteiger partial charge in [0.15, 0.2) is 0 Å². The first-order valence-corrected chi connectivity index (χ1v) is 13.0. The molecule has 3 aromatic carbocycles.